The van der Waals surface area contributed by atoms with Gasteiger partial charge in [0.05, 0.1) is 12.4 Å². The number of hydrogen-bond donors (Lipinski definition) is 1. The zero-order valence-corrected chi connectivity index (χ0v) is 16.6. The molecule has 2 aromatic carbocycles. The minimum absolute atomic E-state index is 0.0382. The first-order valence-corrected chi connectivity index (χ1v) is 9.75. The first kappa shape index (κ1) is 18.9. The van der Waals surface area contributed by atoms with Crippen molar-refractivity contribution in [3.8, 4) is 0 Å². The molecule has 0 radical (unpaired) electrons. The largest absolute Gasteiger partial charge is 0.348 e. The van der Waals surface area contributed by atoms with Gasteiger partial charge in [-0.1, -0.05) is 48.0 Å². The maximum absolute atomic E-state index is 13.2. The Bertz CT molecular complexity index is 1010. The number of imidazole rings is 1. The molecule has 1 aliphatic rings. The van der Waals surface area contributed by atoms with Crippen LogP contribution in [0.2, 0.25) is 0 Å². The fourth-order valence-electron chi connectivity index (χ4n) is 3.75. The SMILES string of the molecule is Cc1ccc(N2CC(Cc3ccccc3)N(C(=O)c3nc[nH]c3C)CC2=O)cc1. The number of nitrogens with zero attached hydrogens (tertiary/aromatic N) is 3. The van der Waals surface area contributed by atoms with Crippen molar-refractivity contribution in [2.45, 2.75) is 26.3 Å². The number of hydrogen-bond acceptors (Lipinski definition) is 3. The van der Waals surface area contributed by atoms with Crippen molar-refractivity contribution in [2.24, 2.45) is 0 Å². The number of H-pyrrole nitrogens is 1. The lowest BCUT2D eigenvalue weighted by Crippen LogP contribution is -2.59. The summed E-state index contributed by atoms with van der Waals surface area (Å²) >= 11 is 0. The molecule has 2 heterocycles. The zero-order valence-electron chi connectivity index (χ0n) is 16.6. The van der Waals surface area contributed by atoms with Gasteiger partial charge in [-0.2, -0.15) is 0 Å². The first-order chi connectivity index (χ1) is 14.0. The fraction of sp³-hybridized carbons (Fsp3) is 0.261. The average molecular weight is 388 g/mol. The molecule has 1 fully saturated rings. The highest BCUT2D eigenvalue weighted by Crippen LogP contribution is 2.24. The van der Waals surface area contributed by atoms with E-state index in [0.717, 1.165) is 16.8 Å². The van der Waals surface area contributed by atoms with Crippen molar-refractivity contribution in [1.29, 1.82) is 0 Å². The van der Waals surface area contributed by atoms with Crippen molar-refractivity contribution < 1.29 is 9.59 Å². The Labute approximate surface area is 170 Å². The van der Waals surface area contributed by atoms with Gasteiger partial charge in [0.15, 0.2) is 0 Å². The summed E-state index contributed by atoms with van der Waals surface area (Å²) in [5, 5.41) is 0. The second kappa shape index (κ2) is 7.91. The number of anilines is 1. The lowest BCUT2D eigenvalue weighted by atomic mass is 10.0. The summed E-state index contributed by atoms with van der Waals surface area (Å²) in [6.45, 7) is 4.33. The number of piperazine rings is 1. The van der Waals surface area contributed by atoms with Crippen LogP contribution in [0.15, 0.2) is 60.9 Å². The Morgan fingerprint density at radius 1 is 1.10 bits per heavy atom. The van der Waals surface area contributed by atoms with Crippen LogP contribution in [-0.4, -0.2) is 45.8 Å². The number of rotatable bonds is 4. The molecule has 148 valence electrons. The van der Waals surface area contributed by atoms with E-state index in [-0.39, 0.29) is 24.4 Å². The molecule has 4 rings (SSSR count). The van der Waals surface area contributed by atoms with Gasteiger partial charge in [-0.15, -0.1) is 0 Å². The van der Waals surface area contributed by atoms with E-state index >= 15 is 0 Å². The maximum atomic E-state index is 13.2. The summed E-state index contributed by atoms with van der Waals surface area (Å²) in [5.41, 5.74) is 4.22. The number of carbonyl (C=O) groups excluding carboxylic acids is 2. The first-order valence-electron chi connectivity index (χ1n) is 9.75. The van der Waals surface area contributed by atoms with E-state index in [1.54, 1.807) is 9.80 Å². The molecule has 6 heteroatoms. The number of aromatic amines is 1. The highest BCUT2D eigenvalue weighted by molar-refractivity contribution is 6.01. The van der Waals surface area contributed by atoms with Crippen LogP contribution < -0.4 is 4.90 Å². The summed E-state index contributed by atoms with van der Waals surface area (Å²) in [7, 11) is 0. The zero-order chi connectivity index (χ0) is 20.4. The van der Waals surface area contributed by atoms with Gasteiger partial charge < -0.3 is 14.8 Å². The predicted molar refractivity (Wildman–Crippen MR) is 112 cm³/mol. The summed E-state index contributed by atoms with van der Waals surface area (Å²) in [6, 6.07) is 17.8. The van der Waals surface area contributed by atoms with Gasteiger partial charge in [-0.05, 0) is 38.0 Å². The number of benzene rings is 2. The van der Waals surface area contributed by atoms with Crippen LogP contribution in [0.1, 0.15) is 27.3 Å². The minimum Gasteiger partial charge on any atom is -0.348 e. The number of amides is 2. The molecule has 0 aliphatic carbocycles. The van der Waals surface area contributed by atoms with Crippen molar-refractivity contribution >= 4 is 17.5 Å². The van der Waals surface area contributed by atoms with Crippen LogP contribution in [0.3, 0.4) is 0 Å². The van der Waals surface area contributed by atoms with Crippen LogP contribution in [0.5, 0.6) is 0 Å². The van der Waals surface area contributed by atoms with Gasteiger partial charge in [0.2, 0.25) is 5.91 Å². The van der Waals surface area contributed by atoms with E-state index in [9.17, 15) is 9.59 Å². The molecular formula is C23H24N4O2. The normalized spacial score (nSPS) is 16.9. The van der Waals surface area contributed by atoms with Crippen LogP contribution in [0.25, 0.3) is 0 Å². The van der Waals surface area contributed by atoms with Gasteiger partial charge >= 0.3 is 0 Å². The van der Waals surface area contributed by atoms with Crippen LogP contribution in [0, 0.1) is 13.8 Å². The molecule has 1 unspecified atom stereocenters. The molecule has 0 spiro atoms. The highest BCUT2D eigenvalue weighted by Gasteiger charge is 2.37. The molecule has 0 bridgehead atoms. The number of aromatic nitrogens is 2. The van der Waals surface area contributed by atoms with Crippen LogP contribution in [-0.2, 0) is 11.2 Å². The monoisotopic (exact) mass is 388 g/mol. The molecule has 29 heavy (non-hydrogen) atoms. The molecule has 1 aromatic heterocycles. The number of aryl methyl sites for hydroxylation is 2. The van der Waals surface area contributed by atoms with E-state index < -0.39 is 0 Å². The fourth-order valence-corrected chi connectivity index (χ4v) is 3.75. The minimum atomic E-state index is -0.207. The van der Waals surface area contributed by atoms with Crippen molar-refractivity contribution in [3.63, 3.8) is 0 Å². The summed E-state index contributed by atoms with van der Waals surface area (Å²) < 4.78 is 0. The Morgan fingerprint density at radius 2 is 1.83 bits per heavy atom. The van der Waals surface area contributed by atoms with E-state index in [2.05, 4.69) is 22.1 Å². The standard InChI is InChI=1S/C23H24N4O2/c1-16-8-10-19(11-9-16)26-13-20(12-18-6-4-3-5-7-18)27(14-21(26)28)23(29)22-17(2)24-15-25-22/h3-11,15,20H,12-14H2,1-2H3,(H,24,25). The Balaban J connectivity index is 1.65. The lowest BCUT2D eigenvalue weighted by molar-refractivity contribution is -0.121. The summed E-state index contributed by atoms with van der Waals surface area (Å²) in [5.74, 6) is -0.290. The Kier molecular flexibility index (Phi) is 5.16. The third-order valence-electron chi connectivity index (χ3n) is 5.39. The molecule has 6 nitrogen and oxygen atoms in total. The average Bonchev–Trinajstić information content (AvgIpc) is 3.16. The second-order valence-electron chi connectivity index (χ2n) is 7.49. The Hall–Kier alpha value is -3.41. The van der Waals surface area contributed by atoms with Crippen LogP contribution >= 0.6 is 0 Å². The predicted octanol–water partition coefficient (Wildman–Crippen LogP) is 3.13. The Morgan fingerprint density at radius 3 is 2.48 bits per heavy atom. The number of carbonyl (C=O) groups is 2. The maximum Gasteiger partial charge on any atom is 0.275 e. The van der Waals surface area contributed by atoms with Gasteiger partial charge in [0, 0.05) is 17.9 Å². The van der Waals surface area contributed by atoms with E-state index in [1.807, 2.05) is 56.3 Å². The van der Waals surface area contributed by atoms with Gasteiger partial charge in [-0.25, -0.2) is 4.98 Å². The quantitative estimate of drug-likeness (QED) is 0.747. The highest BCUT2D eigenvalue weighted by atomic mass is 16.2. The molecule has 1 atom stereocenters. The molecule has 0 saturated carbocycles. The molecular weight excluding hydrogens is 364 g/mol. The van der Waals surface area contributed by atoms with Crippen LogP contribution in [0.4, 0.5) is 5.69 Å². The van der Waals surface area contributed by atoms with Crippen molar-refractivity contribution in [3.05, 3.63) is 83.4 Å². The van der Waals surface area contributed by atoms with Gasteiger partial charge in [0.25, 0.3) is 5.91 Å². The van der Waals surface area contributed by atoms with E-state index in [0.29, 0.717) is 24.4 Å². The van der Waals surface area contributed by atoms with Crippen molar-refractivity contribution in [1.82, 2.24) is 14.9 Å². The molecule has 1 aliphatic heterocycles. The third-order valence-corrected chi connectivity index (χ3v) is 5.39. The molecule has 2 amide bonds. The van der Waals surface area contributed by atoms with Crippen molar-refractivity contribution in [2.75, 3.05) is 18.0 Å². The van der Waals surface area contributed by atoms with E-state index in [4.69, 9.17) is 0 Å². The summed E-state index contributed by atoms with van der Waals surface area (Å²) in [4.78, 5) is 36.7. The van der Waals surface area contributed by atoms with Gasteiger partial charge in [0.1, 0.15) is 12.2 Å². The molecule has 1 N–H and O–H groups in total. The number of nitrogens with one attached hydrogen (secondary N) is 1. The molecule has 1 saturated heterocycles. The lowest BCUT2D eigenvalue weighted by Gasteiger charge is -2.41. The third kappa shape index (κ3) is 3.92. The molecule has 3 aromatic rings. The topological polar surface area (TPSA) is 69.3 Å². The van der Waals surface area contributed by atoms with Gasteiger partial charge in [-0.3, -0.25) is 9.59 Å². The smallest absolute Gasteiger partial charge is 0.275 e. The summed E-state index contributed by atoms with van der Waals surface area (Å²) in [6.07, 6.45) is 2.19. The second-order valence-corrected chi connectivity index (χ2v) is 7.49. The van der Waals surface area contributed by atoms with E-state index in [1.165, 1.54) is 6.33 Å².